The van der Waals surface area contributed by atoms with E-state index in [0.29, 0.717) is 17.0 Å². The maximum absolute atomic E-state index is 12.6. The molecule has 6 nitrogen and oxygen atoms in total. The molecule has 1 heterocycles. The molecule has 1 saturated heterocycles. The highest BCUT2D eigenvalue weighted by atomic mass is 35.5. The highest BCUT2D eigenvalue weighted by molar-refractivity contribution is 7.91. The van der Waals surface area contributed by atoms with E-state index in [-0.39, 0.29) is 24.0 Å². The predicted octanol–water partition coefficient (Wildman–Crippen LogP) is 0.322. The molecule has 2 atom stereocenters. The molecular weight excluding hydrogens is 330 g/mol. The molecule has 1 aliphatic rings. The Bertz CT molecular complexity index is 631. The largest absolute Gasteiger partial charge is 0.394 e. The number of sulfone groups is 1. The first kappa shape index (κ1) is 17.2. The van der Waals surface area contributed by atoms with Crippen LogP contribution in [0.3, 0.4) is 0 Å². The van der Waals surface area contributed by atoms with Gasteiger partial charge >= 0.3 is 0 Å². The van der Waals surface area contributed by atoms with Crippen LogP contribution in [0, 0.1) is 0 Å². The van der Waals surface area contributed by atoms with E-state index in [1.165, 1.54) is 4.90 Å². The molecule has 0 aromatic heterocycles. The van der Waals surface area contributed by atoms with Crippen molar-refractivity contribution in [1.29, 1.82) is 0 Å². The number of carbonyl (C=O) groups excluding carboxylic acids is 1. The van der Waals surface area contributed by atoms with Gasteiger partial charge < -0.3 is 15.1 Å². The minimum absolute atomic E-state index is 0.0251. The molecule has 0 radical (unpaired) electrons. The van der Waals surface area contributed by atoms with Crippen LogP contribution in [-0.4, -0.2) is 66.2 Å². The van der Waals surface area contributed by atoms with E-state index in [2.05, 4.69) is 0 Å². The van der Waals surface area contributed by atoms with Crippen molar-refractivity contribution in [3.05, 3.63) is 34.9 Å². The Hall–Kier alpha value is -1.15. The quantitative estimate of drug-likeness (QED) is 0.800. The summed E-state index contributed by atoms with van der Waals surface area (Å²) in [6.07, 6.45) is -0.778. The lowest BCUT2D eigenvalue weighted by Gasteiger charge is -2.30. The van der Waals surface area contributed by atoms with Crippen molar-refractivity contribution in [2.75, 3.05) is 24.7 Å². The highest BCUT2D eigenvalue weighted by Gasteiger charge is 2.35. The van der Waals surface area contributed by atoms with Gasteiger partial charge in [-0.1, -0.05) is 11.6 Å². The second-order valence-corrected chi connectivity index (χ2v) is 8.02. The third kappa shape index (κ3) is 4.19. The Morgan fingerprint density at radius 3 is 2.50 bits per heavy atom. The highest BCUT2D eigenvalue weighted by Crippen LogP contribution is 2.21. The molecule has 0 spiro atoms. The van der Waals surface area contributed by atoms with E-state index in [4.69, 9.17) is 16.7 Å². The van der Waals surface area contributed by atoms with Gasteiger partial charge in [0, 0.05) is 23.2 Å². The minimum Gasteiger partial charge on any atom is -0.394 e. The second-order valence-electron chi connectivity index (χ2n) is 5.36. The first-order valence-electron chi connectivity index (χ1n) is 6.88. The molecule has 8 heteroatoms. The van der Waals surface area contributed by atoms with Crippen molar-refractivity contribution in [1.82, 2.24) is 4.90 Å². The average molecular weight is 348 g/mol. The zero-order valence-corrected chi connectivity index (χ0v) is 13.4. The molecule has 1 aromatic carbocycles. The van der Waals surface area contributed by atoms with E-state index < -0.39 is 28.6 Å². The first-order valence-corrected chi connectivity index (χ1v) is 9.08. The van der Waals surface area contributed by atoms with Crippen LogP contribution in [0.25, 0.3) is 0 Å². The summed E-state index contributed by atoms with van der Waals surface area (Å²) in [4.78, 5) is 13.9. The van der Waals surface area contributed by atoms with E-state index in [0.717, 1.165) is 0 Å². The van der Waals surface area contributed by atoms with Gasteiger partial charge in [-0.25, -0.2) is 8.42 Å². The summed E-state index contributed by atoms with van der Waals surface area (Å²) in [5.74, 6) is -0.479. The number of rotatable bonds is 5. The fraction of sp³-hybridized carbons (Fsp3) is 0.500. The number of benzene rings is 1. The molecule has 1 aromatic rings. The summed E-state index contributed by atoms with van der Waals surface area (Å²) in [6, 6.07) is 5.75. The SMILES string of the molecule is O=C(c1ccc(Cl)cc1)N(C[C@@H](O)CO)[C@@H]1CCS(=O)(=O)C1. The number of aliphatic hydroxyl groups is 2. The van der Waals surface area contributed by atoms with E-state index in [9.17, 15) is 18.3 Å². The summed E-state index contributed by atoms with van der Waals surface area (Å²) in [7, 11) is -3.16. The molecule has 0 bridgehead atoms. The van der Waals surface area contributed by atoms with Gasteiger partial charge in [0.2, 0.25) is 0 Å². The lowest BCUT2D eigenvalue weighted by molar-refractivity contribution is 0.0375. The molecule has 2 rings (SSSR count). The van der Waals surface area contributed by atoms with Crippen molar-refractivity contribution in [2.45, 2.75) is 18.6 Å². The first-order chi connectivity index (χ1) is 10.3. The zero-order chi connectivity index (χ0) is 16.3. The molecule has 22 heavy (non-hydrogen) atoms. The van der Waals surface area contributed by atoms with Crippen LogP contribution in [-0.2, 0) is 9.84 Å². The molecule has 1 fully saturated rings. The summed E-state index contributed by atoms with van der Waals surface area (Å²) in [5.41, 5.74) is 0.360. The van der Waals surface area contributed by atoms with Crippen molar-refractivity contribution < 1.29 is 23.4 Å². The van der Waals surface area contributed by atoms with Crippen molar-refractivity contribution in [3.8, 4) is 0 Å². The average Bonchev–Trinajstić information content (AvgIpc) is 2.84. The van der Waals surface area contributed by atoms with Crippen molar-refractivity contribution >= 4 is 27.3 Å². The number of aliphatic hydroxyl groups excluding tert-OH is 2. The van der Waals surface area contributed by atoms with Gasteiger partial charge in [0.1, 0.15) is 0 Å². The monoisotopic (exact) mass is 347 g/mol. The fourth-order valence-corrected chi connectivity index (χ4v) is 4.32. The summed E-state index contributed by atoms with van der Waals surface area (Å²) >= 11 is 5.79. The van der Waals surface area contributed by atoms with Crippen LogP contribution in [0.4, 0.5) is 0 Å². The van der Waals surface area contributed by atoms with Crippen LogP contribution in [0.15, 0.2) is 24.3 Å². The number of carbonyl (C=O) groups is 1. The van der Waals surface area contributed by atoms with Crippen LogP contribution in [0.1, 0.15) is 16.8 Å². The summed E-state index contributed by atoms with van der Waals surface area (Å²) in [5, 5.41) is 19.1. The van der Waals surface area contributed by atoms with Crippen LogP contribution < -0.4 is 0 Å². The van der Waals surface area contributed by atoms with E-state index >= 15 is 0 Å². The molecule has 2 N–H and O–H groups in total. The van der Waals surface area contributed by atoms with Gasteiger partial charge in [-0.05, 0) is 30.7 Å². The van der Waals surface area contributed by atoms with E-state index in [1.807, 2.05) is 0 Å². The van der Waals surface area contributed by atoms with Crippen LogP contribution >= 0.6 is 11.6 Å². The van der Waals surface area contributed by atoms with Gasteiger partial charge in [-0.3, -0.25) is 4.79 Å². The molecule has 0 unspecified atom stereocenters. The van der Waals surface area contributed by atoms with Gasteiger partial charge in [-0.2, -0.15) is 0 Å². The van der Waals surface area contributed by atoms with Gasteiger partial charge in [0.15, 0.2) is 9.84 Å². The maximum atomic E-state index is 12.6. The van der Waals surface area contributed by atoms with Gasteiger partial charge in [-0.15, -0.1) is 0 Å². The summed E-state index contributed by atoms with van der Waals surface area (Å²) < 4.78 is 23.3. The maximum Gasteiger partial charge on any atom is 0.254 e. The standard InChI is InChI=1S/C14H18ClNO5S/c15-11-3-1-10(2-4-11)14(19)16(7-13(18)8-17)12-5-6-22(20,21)9-12/h1-4,12-13,17-18H,5-9H2/t12-,13-/m1/s1. The van der Waals surface area contributed by atoms with Crippen LogP contribution in [0.2, 0.25) is 5.02 Å². The van der Waals surface area contributed by atoms with Crippen molar-refractivity contribution in [3.63, 3.8) is 0 Å². The fourth-order valence-electron chi connectivity index (χ4n) is 2.46. The Balaban J connectivity index is 2.23. The van der Waals surface area contributed by atoms with E-state index in [1.54, 1.807) is 24.3 Å². The Morgan fingerprint density at radius 1 is 1.36 bits per heavy atom. The minimum atomic E-state index is -3.16. The molecule has 0 aliphatic carbocycles. The zero-order valence-electron chi connectivity index (χ0n) is 11.9. The number of hydrogen-bond donors (Lipinski definition) is 2. The second kappa shape index (κ2) is 6.95. The molecule has 122 valence electrons. The molecule has 1 aliphatic heterocycles. The molecule has 0 saturated carbocycles. The Morgan fingerprint density at radius 2 is 2.00 bits per heavy atom. The van der Waals surface area contributed by atoms with Gasteiger partial charge in [0.25, 0.3) is 5.91 Å². The lowest BCUT2D eigenvalue weighted by Crippen LogP contribution is -2.46. The number of amides is 1. The predicted molar refractivity (Wildman–Crippen MR) is 82.6 cm³/mol. The smallest absolute Gasteiger partial charge is 0.254 e. The molecule has 1 amide bonds. The van der Waals surface area contributed by atoms with Crippen LogP contribution in [0.5, 0.6) is 0 Å². The normalized spacial score (nSPS) is 21.5. The summed E-state index contributed by atoms with van der Waals surface area (Å²) in [6.45, 7) is -0.609. The number of nitrogens with zero attached hydrogens (tertiary/aromatic N) is 1. The topological polar surface area (TPSA) is 94.9 Å². The third-order valence-corrected chi connectivity index (χ3v) is 5.62. The van der Waals surface area contributed by atoms with Crippen molar-refractivity contribution in [2.24, 2.45) is 0 Å². The lowest BCUT2D eigenvalue weighted by atomic mass is 10.1. The third-order valence-electron chi connectivity index (χ3n) is 3.62. The molecular formula is C14H18ClNO5S. The number of halogens is 1. The Labute approximate surface area is 134 Å². The number of hydrogen-bond acceptors (Lipinski definition) is 5. The van der Waals surface area contributed by atoms with Gasteiger partial charge in [0.05, 0.1) is 24.2 Å². The Kier molecular flexibility index (Phi) is 5.44.